The molecule has 168 valence electrons. The summed E-state index contributed by atoms with van der Waals surface area (Å²) in [5.74, 6) is -2.34. The molecule has 0 heterocycles. The molecule has 0 saturated carbocycles. The Hall–Kier alpha value is -4.37. The minimum Gasteiger partial charge on any atom is -0.504 e. The highest BCUT2D eigenvalue weighted by Crippen LogP contribution is 2.25. The zero-order valence-electron chi connectivity index (χ0n) is 17.3. The van der Waals surface area contributed by atoms with E-state index >= 15 is 0 Å². The van der Waals surface area contributed by atoms with Crippen LogP contribution >= 0.6 is 11.6 Å². The molecule has 33 heavy (non-hydrogen) atoms. The number of halogens is 1. The normalized spacial score (nSPS) is 10.5. The minimum absolute atomic E-state index is 0.0446. The number of anilines is 2. The Kier molecular flexibility index (Phi) is 7.61. The zero-order valence-corrected chi connectivity index (χ0v) is 18.1. The number of hydrogen-bond acceptors (Lipinski definition) is 6. The number of para-hydroxylation sites is 1. The number of nitrogens with zero attached hydrogens (tertiary/aromatic N) is 1. The molecule has 0 spiro atoms. The lowest BCUT2D eigenvalue weighted by atomic mass is 10.1. The van der Waals surface area contributed by atoms with Crippen LogP contribution in [-0.2, 0) is 9.59 Å². The van der Waals surface area contributed by atoms with Gasteiger partial charge in [-0.05, 0) is 60.2 Å². The molecular formula is C23H19ClN4O5. The second-order valence-corrected chi connectivity index (χ2v) is 7.03. The second kappa shape index (κ2) is 10.8. The van der Waals surface area contributed by atoms with E-state index in [4.69, 9.17) is 16.3 Å². The first-order chi connectivity index (χ1) is 15.9. The molecule has 3 aromatic rings. The third-order valence-electron chi connectivity index (χ3n) is 4.31. The maximum atomic E-state index is 12.6. The van der Waals surface area contributed by atoms with Crippen molar-refractivity contribution in [3.05, 3.63) is 82.9 Å². The standard InChI is InChI=1S/C23H19ClN4O5/c1-33-20-12-14(6-11-19(20)29)13-25-28-23(32)22(31)27-18-5-3-2-4-17(18)21(30)26-16-9-7-15(24)8-10-16/h2-13,29H,1H3,(H,26,30)(H,27,31)(H,28,32)/b25-13-. The minimum atomic E-state index is -1.04. The largest absolute Gasteiger partial charge is 0.504 e. The Morgan fingerprint density at radius 3 is 2.42 bits per heavy atom. The summed E-state index contributed by atoms with van der Waals surface area (Å²) in [6.45, 7) is 0. The molecule has 0 atom stereocenters. The van der Waals surface area contributed by atoms with Crippen molar-refractivity contribution in [3.8, 4) is 11.5 Å². The molecule has 0 unspecified atom stereocenters. The van der Waals surface area contributed by atoms with Crippen LogP contribution in [0.5, 0.6) is 11.5 Å². The lowest BCUT2D eigenvalue weighted by Gasteiger charge is -2.11. The first-order valence-corrected chi connectivity index (χ1v) is 9.92. The fourth-order valence-corrected chi connectivity index (χ4v) is 2.82. The Bertz CT molecular complexity index is 1210. The summed E-state index contributed by atoms with van der Waals surface area (Å²) in [4.78, 5) is 37.0. The fourth-order valence-electron chi connectivity index (χ4n) is 2.69. The molecular weight excluding hydrogens is 448 g/mol. The smallest absolute Gasteiger partial charge is 0.329 e. The molecule has 4 N–H and O–H groups in total. The predicted molar refractivity (Wildman–Crippen MR) is 125 cm³/mol. The van der Waals surface area contributed by atoms with Gasteiger partial charge in [0.15, 0.2) is 11.5 Å². The van der Waals surface area contributed by atoms with Crippen LogP contribution in [0.4, 0.5) is 11.4 Å². The number of nitrogens with one attached hydrogen (secondary N) is 3. The summed E-state index contributed by atoms with van der Waals surface area (Å²) in [6, 6.07) is 17.2. The van der Waals surface area contributed by atoms with Crippen molar-refractivity contribution in [1.82, 2.24) is 5.43 Å². The summed E-state index contributed by atoms with van der Waals surface area (Å²) in [5, 5.41) is 18.9. The van der Waals surface area contributed by atoms with Crippen molar-refractivity contribution in [3.63, 3.8) is 0 Å². The van der Waals surface area contributed by atoms with E-state index in [1.807, 2.05) is 0 Å². The molecule has 3 rings (SSSR count). The number of carbonyl (C=O) groups is 3. The van der Waals surface area contributed by atoms with Gasteiger partial charge >= 0.3 is 11.8 Å². The van der Waals surface area contributed by atoms with Gasteiger partial charge in [-0.3, -0.25) is 14.4 Å². The summed E-state index contributed by atoms with van der Waals surface area (Å²) < 4.78 is 4.99. The van der Waals surface area contributed by atoms with Crippen LogP contribution in [0.1, 0.15) is 15.9 Å². The zero-order chi connectivity index (χ0) is 23.8. The second-order valence-electron chi connectivity index (χ2n) is 6.59. The van der Waals surface area contributed by atoms with Gasteiger partial charge in [0.2, 0.25) is 0 Å². The van der Waals surface area contributed by atoms with Gasteiger partial charge in [-0.15, -0.1) is 0 Å². The van der Waals surface area contributed by atoms with E-state index in [2.05, 4.69) is 21.2 Å². The van der Waals surface area contributed by atoms with Crippen molar-refractivity contribution in [1.29, 1.82) is 0 Å². The van der Waals surface area contributed by atoms with Crippen molar-refractivity contribution in [2.75, 3.05) is 17.7 Å². The average molecular weight is 467 g/mol. The van der Waals surface area contributed by atoms with Crippen LogP contribution in [0.25, 0.3) is 0 Å². The van der Waals surface area contributed by atoms with Crippen molar-refractivity contribution >= 4 is 46.9 Å². The number of phenols is 1. The van der Waals surface area contributed by atoms with Gasteiger partial charge in [0.25, 0.3) is 5.91 Å². The quantitative estimate of drug-likeness (QED) is 0.251. The SMILES string of the molecule is COc1cc(/C=N\NC(=O)C(=O)Nc2ccccc2C(=O)Nc2ccc(Cl)cc2)ccc1O. The van der Waals surface area contributed by atoms with E-state index in [0.29, 0.717) is 16.3 Å². The number of hydrogen-bond donors (Lipinski definition) is 4. The van der Waals surface area contributed by atoms with E-state index in [-0.39, 0.29) is 22.7 Å². The highest BCUT2D eigenvalue weighted by Gasteiger charge is 2.17. The predicted octanol–water partition coefficient (Wildman–Crippen LogP) is 3.40. The highest BCUT2D eigenvalue weighted by atomic mass is 35.5. The summed E-state index contributed by atoms with van der Waals surface area (Å²) in [6.07, 6.45) is 1.28. The Morgan fingerprint density at radius 2 is 1.70 bits per heavy atom. The molecule has 3 amide bonds. The van der Waals surface area contributed by atoms with Crippen LogP contribution in [-0.4, -0.2) is 36.2 Å². The van der Waals surface area contributed by atoms with Crippen molar-refractivity contribution in [2.45, 2.75) is 0 Å². The number of hydrazone groups is 1. The molecule has 10 heteroatoms. The van der Waals surface area contributed by atoms with E-state index in [1.54, 1.807) is 42.5 Å². The number of aromatic hydroxyl groups is 1. The monoisotopic (exact) mass is 466 g/mol. The maximum absolute atomic E-state index is 12.6. The molecule has 0 aromatic heterocycles. The maximum Gasteiger partial charge on any atom is 0.329 e. The Morgan fingerprint density at radius 1 is 0.970 bits per heavy atom. The topological polar surface area (TPSA) is 129 Å². The molecule has 9 nitrogen and oxygen atoms in total. The first kappa shape index (κ1) is 23.3. The molecule has 0 aliphatic carbocycles. The number of ether oxygens (including phenoxy) is 1. The summed E-state index contributed by atoms with van der Waals surface area (Å²) >= 11 is 5.84. The van der Waals surface area contributed by atoms with Crippen LogP contribution in [0, 0.1) is 0 Å². The molecule has 3 aromatic carbocycles. The van der Waals surface area contributed by atoms with E-state index < -0.39 is 17.7 Å². The number of carbonyl (C=O) groups excluding carboxylic acids is 3. The first-order valence-electron chi connectivity index (χ1n) is 9.54. The molecule has 0 aliphatic rings. The average Bonchev–Trinajstić information content (AvgIpc) is 2.81. The number of rotatable bonds is 6. The van der Waals surface area contributed by atoms with E-state index in [0.717, 1.165) is 0 Å². The molecule has 0 fully saturated rings. The summed E-state index contributed by atoms with van der Waals surface area (Å²) in [5.41, 5.74) is 3.45. The van der Waals surface area contributed by atoms with Gasteiger partial charge < -0.3 is 20.5 Å². The molecule has 0 aliphatic heterocycles. The van der Waals surface area contributed by atoms with Crippen LogP contribution in [0.3, 0.4) is 0 Å². The number of amides is 3. The Labute approximate surface area is 194 Å². The fraction of sp³-hybridized carbons (Fsp3) is 0.0435. The van der Waals surface area contributed by atoms with E-state index in [1.165, 1.54) is 37.6 Å². The van der Waals surface area contributed by atoms with Crippen LogP contribution in [0.2, 0.25) is 5.02 Å². The number of methoxy groups -OCH3 is 1. The van der Waals surface area contributed by atoms with Crippen molar-refractivity contribution < 1.29 is 24.2 Å². The third-order valence-corrected chi connectivity index (χ3v) is 4.56. The number of phenolic OH excluding ortho intramolecular Hbond substituents is 1. The van der Waals surface area contributed by atoms with Gasteiger partial charge in [0.1, 0.15) is 0 Å². The number of benzene rings is 3. The lowest BCUT2D eigenvalue weighted by molar-refractivity contribution is -0.136. The highest BCUT2D eigenvalue weighted by molar-refractivity contribution is 6.40. The van der Waals surface area contributed by atoms with Gasteiger partial charge in [-0.25, -0.2) is 5.43 Å². The van der Waals surface area contributed by atoms with Gasteiger partial charge in [0.05, 0.1) is 24.6 Å². The van der Waals surface area contributed by atoms with Gasteiger partial charge in [-0.1, -0.05) is 23.7 Å². The van der Waals surface area contributed by atoms with Crippen molar-refractivity contribution in [2.24, 2.45) is 5.10 Å². The van der Waals surface area contributed by atoms with Gasteiger partial charge in [-0.2, -0.15) is 5.10 Å². The third kappa shape index (κ3) is 6.31. The molecule has 0 radical (unpaired) electrons. The summed E-state index contributed by atoms with van der Waals surface area (Å²) in [7, 11) is 1.40. The van der Waals surface area contributed by atoms with Crippen LogP contribution in [0.15, 0.2) is 71.8 Å². The van der Waals surface area contributed by atoms with E-state index in [9.17, 15) is 19.5 Å². The lowest BCUT2D eigenvalue weighted by Crippen LogP contribution is -2.33. The van der Waals surface area contributed by atoms with Crippen LogP contribution < -0.4 is 20.8 Å². The Balaban J connectivity index is 1.63. The molecule has 0 bridgehead atoms. The van der Waals surface area contributed by atoms with Gasteiger partial charge in [0, 0.05) is 10.7 Å². The molecule has 0 saturated heterocycles.